The molecule has 90 valence electrons. The Morgan fingerprint density at radius 1 is 1.29 bits per heavy atom. The van der Waals surface area contributed by atoms with Crippen LogP contribution in [-0.4, -0.2) is 9.55 Å². The summed E-state index contributed by atoms with van der Waals surface area (Å²) in [4.78, 5) is 3.91. The minimum absolute atomic E-state index is 0.456. The third-order valence-corrected chi connectivity index (χ3v) is 3.46. The molecule has 0 amide bonds. The second-order valence-electron chi connectivity index (χ2n) is 3.55. The van der Waals surface area contributed by atoms with Crippen LogP contribution in [0.25, 0.3) is 0 Å². The summed E-state index contributed by atoms with van der Waals surface area (Å²) in [5, 5.41) is 4.77. The second-order valence-corrected chi connectivity index (χ2v) is 4.71. The van der Waals surface area contributed by atoms with E-state index >= 15 is 0 Å². The van der Waals surface area contributed by atoms with E-state index in [4.69, 9.17) is 34.8 Å². The molecule has 2 heterocycles. The van der Waals surface area contributed by atoms with Crippen LogP contribution in [-0.2, 0) is 13.6 Å². The molecular formula is C11H10Cl3N3. The van der Waals surface area contributed by atoms with E-state index in [1.165, 1.54) is 0 Å². The van der Waals surface area contributed by atoms with Gasteiger partial charge in [-0.15, -0.1) is 0 Å². The molecule has 2 aromatic rings. The maximum Gasteiger partial charge on any atom is 0.131 e. The van der Waals surface area contributed by atoms with Gasteiger partial charge in [0.25, 0.3) is 0 Å². The third kappa shape index (κ3) is 2.86. The van der Waals surface area contributed by atoms with E-state index in [-0.39, 0.29) is 0 Å². The molecule has 6 heteroatoms. The van der Waals surface area contributed by atoms with Gasteiger partial charge in [0, 0.05) is 24.6 Å². The van der Waals surface area contributed by atoms with Gasteiger partial charge in [0.15, 0.2) is 0 Å². The molecule has 0 aliphatic heterocycles. The average molecular weight is 291 g/mol. The molecule has 0 aliphatic carbocycles. The molecule has 0 bridgehead atoms. The number of aromatic nitrogens is 2. The molecule has 2 rings (SSSR count). The topological polar surface area (TPSA) is 29.9 Å². The van der Waals surface area contributed by atoms with E-state index in [0.29, 0.717) is 21.9 Å². The van der Waals surface area contributed by atoms with Crippen LogP contribution in [0.2, 0.25) is 15.3 Å². The van der Waals surface area contributed by atoms with Crippen molar-refractivity contribution in [2.24, 2.45) is 7.05 Å². The molecule has 0 saturated heterocycles. The molecule has 1 N–H and O–H groups in total. The number of rotatable bonds is 3. The van der Waals surface area contributed by atoms with Gasteiger partial charge in [-0.25, -0.2) is 4.98 Å². The highest BCUT2D eigenvalue weighted by atomic mass is 35.5. The largest absolute Gasteiger partial charge is 0.379 e. The predicted octanol–water partition coefficient (Wildman–Crippen LogP) is 3.99. The highest BCUT2D eigenvalue weighted by Crippen LogP contribution is 2.25. The van der Waals surface area contributed by atoms with E-state index in [1.54, 1.807) is 12.3 Å². The van der Waals surface area contributed by atoms with E-state index < -0.39 is 0 Å². The number of nitrogens with one attached hydrogen (secondary N) is 1. The summed E-state index contributed by atoms with van der Waals surface area (Å²) in [5.74, 6) is 0. The summed E-state index contributed by atoms with van der Waals surface area (Å²) < 4.78 is 1.83. The first kappa shape index (κ1) is 12.6. The monoisotopic (exact) mass is 289 g/mol. The fraction of sp³-hybridized carbons (Fsp3) is 0.182. The minimum atomic E-state index is 0.456. The van der Waals surface area contributed by atoms with Crippen molar-refractivity contribution in [2.45, 2.75) is 6.54 Å². The fourth-order valence-electron chi connectivity index (χ4n) is 1.46. The van der Waals surface area contributed by atoms with Crippen molar-refractivity contribution < 1.29 is 0 Å². The number of hydrogen-bond acceptors (Lipinski definition) is 2. The fourth-order valence-corrected chi connectivity index (χ4v) is 2.05. The SMILES string of the molecule is Cn1c(CNc2ccnc(Cl)c2)cc(Cl)c1Cl. The van der Waals surface area contributed by atoms with Gasteiger partial charge in [-0.05, 0) is 18.2 Å². The molecule has 0 spiro atoms. The molecule has 0 fully saturated rings. The molecule has 0 radical (unpaired) electrons. The lowest BCUT2D eigenvalue weighted by Gasteiger charge is -2.07. The van der Waals surface area contributed by atoms with Crippen LogP contribution in [0, 0.1) is 0 Å². The number of pyridine rings is 1. The van der Waals surface area contributed by atoms with Gasteiger partial charge < -0.3 is 9.88 Å². The number of halogens is 3. The van der Waals surface area contributed by atoms with Crippen molar-refractivity contribution in [3.05, 3.63) is 45.4 Å². The zero-order valence-electron chi connectivity index (χ0n) is 9.04. The highest BCUT2D eigenvalue weighted by molar-refractivity contribution is 6.41. The Morgan fingerprint density at radius 2 is 2.06 bits per heavy atom. The Balaban J connectivity index is 2.10. The standard InChI is InChI=1S/C11H10Cl3N3/c1-17-8(5-9(12)11(17)14)6-16-7-2-3-15-10(13)4-7/h2-5H,6H2,1H3,(H,15,16). The normalized spacial score (nSPS) is 10.6. The maximum absolute atomic E-state index is 5.98. The predicted molar refractivity (Wildman–Crippen MR) is 72.0 cm³/mol. The van der Waals surface area contributed by atoms with Crippen LogP contribution in [0.1, 0.15) is 5.69 Å². The van der Waals surface area contributed by atoms with Gasteiger partial charge >= 0.3 is 0 Å². The average Bonchev–Trinajstić information content (AvgIpc) is 2.54. The lowest BCUT2D eigenvalue weighted by atomic mass is 10.3. The van der Waals surface area contributed by atoms with Gasteiger partial charge in [-0.2, -0.15) is 0 Å². The minimum Gasteiger partial charge on any atom is -0.379 e. The van der Waals surface area contributed by atoms with E-state index in [2.05, 4.69) is 10.3 Å². The quantitative estimate of drug-likeness (QED) is 0.866. The summed E-state index contributed by atoms with van der Waals surface area (Å²) in [7, 11) is 1.87. The Morgan fingerprint density at radius 3 is 2.65 bits per heavy atom. The van der Waals surface area contributed by atoms with Crippen LogP contribution in [0.15, 0.2) is 24.4 Å². The van der Waals surface area contributed by atoms with Crippen LogP contribution < -0.4 is 5.32 Å². The van der Waals surface area contributed by atoms with Gasteiger partial charge in [0.2, 0.25) is 0 Å². The molecule has 0 aromatic carbocycles. The third-order valence-electron chi connectivity index (χ3n) is 2.42. The van der Waals surface area contributed by atoms with Crippen molar-refractivity contribution >= 4 is 40.5 Å². The van der Waals surface area contributed by atoms with Crippen LogP contribution in [0.3, 0.4) is 0 Å². The lowest BCUT2D eigenvalue weighted by Crippen LogP contribution is -2.04. The zero-order valence-corrected chi connectivity index (χ0v) is 11.3. The maximum atomic E-state index is 5.98. The molecular weight excluding hydrogens is 281 g/mol. The first-order valence-electron chi connectivity index (χ1n) is 4.93. The second kappa shape index (κ2) is 5.17. The molecule has 0 unspecified atom stereocenters. The summed E-state index contributed by atoms with van der Waals surface area (Å²) in [6, 6.07) is 5.44. The first-order chi connectivity index (χ1) is 8.08. The Kier molecular flexibility index (Phi) is 3.82. The molecule has 17 heavy (non-hydrogen) atoms. The summed E-state index contributed by atoms with van der Waals surface area (Å²) >= 11 is 17.7. The van der Waals surface area contributed by atoms with E-state index in [9.17, 15) is 0 Å². The van der Waals surface area contributed by atoms with Crippen LogP contribution >= 0.6 is 34.8 Å². The Labute approximate surface area is 114 Å². The molecule has 0 saturated carbocycles. The molecule has 3 nitrogen and oxygen atoms in total. The van der Waals surface area contributed by atoms with Crippen molar-refractivity contribution in [2.75, 3.05) is 5.32 Å². The summed E-state index contributed by atoms with van der Waals surface area (Å²) in [6.07, 6.45) is 1.65. The molecule has 0 aliphatic rings. The van der Waals surface area contributed by atoms with E-state index in [0.717, 1.165) is 11.4 Å². The highest BCUT2D eigenvalue weighted by Gasteiger charge is 2.08. The molecule has 0 atom stereocenters. The number of nitrogens with zero attached hydrogens (tertiary/aromatic N) is 2. The van der Waals surface area contributed by atoms with Crippen LogP contribution in [0.5, 0.6) is 0 Å². The van der Waals surface area contributed by atoms with Gasteiger partial charge in [0.05, 0.1) is 11.6 Å². The summed E-state index contributed by atoms with van der Waals surface area (Å²) in [5.41, 5.74) is 1.89. The number of hydrogen-bond donors (Lipinski definition) is 1. The van der Waals surface area contributed by atoms with Crippen LogP contribution in [0.4, 0.5) is 5.69 Å². The van der Waals surface area contributed by atoms with Gasteiger partial charge in [0.1, 0.15) is 10.3 Å². The Hall–Kier alpha value is -0.900. The Bertz CT molecular complexity index is 537. The smallest absolute Gasteiger partial charge is 0.131 e. The first-order valence-corrected chi connectivity index (χ1v) is 6.06. The molecule has 2 aromatic heterocycles. The van der Waals surface area contributed by atoms with E-state index in [1.807, 2.05) is 23.7 Å². The van der Waals surface area contributed by atoms with Crippen molar-refractivity contribution in [1.29, 1.82) is 0 Å². The lowest BCUT2D eigenvalue weighted by molar-refractivity contribution is 0.843. The van der Waals surface area contributed by atoms with Crippen molar-refractivity contribution in [1.82, 2.24) is 9.55 Å². The van der Waals surface area contributed by atoms with Gasteiger partial charge in [-0.3, -0.25) is 0 Å². The van der Waals surface area contributed by atoms with Crippen molar-refractivity contribution in [3.8, 4) is 0 Å². The summed E-state index contributed by atoms with van der Waals surface area (Å²) in [6.45, 7) is 0.614. The van der Waals surface area contributed by atoms with Gasteiger partial charge in [-0.1, -0.05) is 34.8 Å². The number of anilines is 1. The van der Waals surface area contributed by atoms with Crippen molar-refractivity contribution in [3.63, 3.8) is 0 Å². The zero-order chi connectivity index (χ0) is 12.4.